The molecule has 0 bridgehead atoms. The van der Waals surface area contributed by atoms with Gasteiger partial charge in [-0.25, -0.2) is 0 Å². The Morgan fingerprint density at radius 1 is 1.29 bits per heavy atom. The van der Waals surface area contributed by atoms with E-state index in [1.54, 1.807) is 0 Å². The number of aryl methyl sites for hydroxylation is 1. The van der Waals surface area contributed by atoms with Gasteiger partial charge in [-0.15, -0.1) is 0 Å². The van der Waals surface area contributed by atoms with Gasteiger partial charge < -0.3 is 15.2 Å². The molecule has 1 aliphatic rings. The zero-order valence-electron chi connectivity index (χ0n) is 12.4. The molecule has 0 fully saturated rings. The van der Waals surface area contributed by atoms with Crippen LogP contribution in [0.2, 0.25) is 0 Å². The molecule has 21 heavy (non-hydrogen) atoms. The van der Waals surface area contributed by atoms with Crippen LogP contribution in [0.1, 0.15) is 35.8 Å². The van der Waals surface area contributed by atoms with Gasteiger partial charge >= 0.3 is 0 Å². The van der Waals surface area contributed by atoms with Crippen LogP contribution in [0, 0.1) is 0 Å². The molecule has 110 valence electrons. The summed E-state index contributed by atoms with van der Waals surface area (Å²) in [5, 5.41) is 0. The first-order valence-corrected chi connectivity index (χ1v) is 7.56. The first kappa shape index (κ1) is 13.7. The average Bonchev–Trinajstić information content (AvgIpc) is 2.95. The highest BCUT2D eigenvalue weighted by atomic mass is 16.2. The molecule has 1 aromatic heterocycles. The molecule has 4 nitrogen and oxygen atoms in total. The summed E-state index contributed by atoms with van der Waals surface area (Å²) in [6.07, 6.45) is 4.89. The number of fused-ring (bicyclic) bond motifs is 1. The maximum atomic E-state index is 12.9. The third-order valence-corrected chi connectivity index (χ3v) is 4.05. The van der Waals surface area contributed by atoms with Crippen LogP contribution in [0.5, 0.6) is 0 Å². The number of hydrogen-bond donors (Lipinski definition) is 1. The minimum atomic E-state index is 0.0694. The van der Waals surface area contributed by atoms with E-state index < -0.39 is 0 Å². The summed E-state index contributed by atoms with van der Waals surface area (Å²) in [5.41, 5.74) is 9.67. The van der Waals surface area contributed by atoms with Crippen molar-refractivity contribution in [3.8, 4) is 0 Å². The second kappa shape index (κ2) is 5.64. The minimum Gasteiger partial charge on any atom is -0.398 e. The molecule has 0 unspecified atom stereocenters. The Morgan fingerprint density at radius 2 is 2.14 bits per heavy atom. The number of nitrogen functional groups attached to an aromatic ring is 1. The van der Waals surface area contributed by atoms with Gasteiger partial charge in [-0.1, -0.05) is 13.0 Å². The average molecular weight is 283 g/mol. The molecule has 0 radical (unpaired) electrons. The fourth-order valence-corrected chi connectivity index (χ4v) is 3.05. The second-order valence-corrected chi connectivity index (χ2v) is 5.49. The fraction of sp³-hybridized carbons (Fsp3) is 0.353. The number of hydrogen-bond acceptors (Lipinski definition) is 2. The highest BCUT2D eigenvalue weighted by molar-refractivity contribution is 6.06. The van der Waals surface area contributed by atoms with Crippen LogP contribution < -0.4 is 10.6 Å². The lowest BCUT2D eigenvalue weighted by Crippen LogP contribution is -2.36. The van der Waals surface area contributed by atoms with Crippen molar-refractivity contribution in [1.82, 2.24) is 4.57 Å². The molecular formula is C17H21N3O. The van der Waals surface area contributed by atoms with Crippen molar-refractivity contribution >= 4 is 17.3 Å². The van der Waals surface area contributed by atoms with Gasteiger partial charge in [0.15, 0.2) is 0 Å². The molecular weight excluding hydrogens is 262 g/mol. The Morgan fingerprint density at radius 3 is 2.95 bits per heavy atom. The lowest BCUT2D eigenvalue weighted by molar-refractivity contribution is 0.0976. The Bertz CT molecular complexity index is 660. The predicted molar refractivity (Wildman–Crippen MR) is 85.6 cm³/mol. The van der Waals surface area contributed by atoms with Crippen molar-refractivity contribution in [3.05, 3.63) is 47.8 Å². The van der Waals surface area contributed by atoms with E-state index >= 15 is 0 Å². The van der Waals surface area contributed by atoms with Gasteiger partial charge in [-0.2, -0.15) is 0 Å². The van der Waals surface area contributed by atoms with Gasteiger partial charge in [0, 0.05) is 30.7 Å². The smallest absolute Gasteiger partial charge is 0.274 e. The van der Waals surface area contributed by atoms with Crippen LogP contribution in [-0.4, -0.2) is 17.0 Å². The van der Waals surface area contributed by atoms with Crippen molar-refractivity contribution in [1.29, 1.82) is 0 Å². The van der Waals surface area contributed by atoms with Gasteiger partial charge in [-0.3, -0.25) is 4.79 Å². The Kier molecular flexibility index (Phi) is 3.69. The van der Waals surface area contributed by atoms with Gasteiger partial charge in [0.25, 0.3) is 5.91 Å². The molecule has 0 atom stereocenters. The van der Waals surface area contributed by atoms with E-state index in [1.807, 2.05) is 46.0 Å². The van der Waals surface area contributed by atoms with Crippen LogP contribution in [0.25, 0.3) is 0 Å². The first-order chi connectivity index (χ1) is 10.2. The maximum Gasteiger partial charge on any atom is 0.274 e. The molecule has 2 heterocycles. The Balaban J connectivity index is 1.97. The van der Waals surface area contributed by atoms with Gasteiger partial charge in [0.2, 0.25) is 0 Å². The number of nitrogens with zero attached hydrogens (tertiary/aromatic N) is 2. The molecule has 3 rings (SSSR count). The summed E-state index contributed by atoms with van der Waals surface area (Å²) in [4.78, 5) is 14.8. The zero-order chi connectivity index (χ0) is 14.8. The van der Waals surface area contributed by atoms with Crippen molar-refractivity contribution in [2.24, 2.45) is 0 Å². The summed E-state index contributed by atoms with van der Waals surface area (Å²) < 4.78 is 2.03. The lowest BCUT2D eigenvalue weighted by Gasteiger charge is -2.30. The monoisotopic (exact) mass is 283 g/mol. The standard InChI is InChI=1S/C17H21N3O/c1-2-10-19-11-5-9-16(19)17(21)20-12-4-6-13-14(18)7-3-8-15(13)20/h3,5,7-9,11H,2,4,6,10,12,18H2,1H3. The van der Waals surface area contributed by atoms with Crippen LogP contribution >= 0.6 is 0 Å². The predicted octanol–water partition coefficient (Wildman–Crippen LogP) is 3.07. The third-order valence-electron chi connectivity index (χ3n) is 4.05. The molecule has 0 aliphatic carbocycles. The summed E-state index contributed by atoms with van der Waals surface area (Å²) in [5.74, 6) is 0.0694. The molecule has 0 saturated carbocycles. The Hall–Kier alpha value is -2.23. The highest BCUT2D eigenvalue weighted by Gasteiger charge is 2.26. The third kappa shape index (κ3) is 2.42. The SMILES string of the molecule is CCCn1cccc1C(=O)N1CCCc2c(N)cccc21. The largest absolute Gasteiger partial charge is 0.398 e. The topological polar surface area (TPSA) is 51.3 Å². The van der Waals surface area contributed by atoms with E-state index in [4.69, 9.17) is 5.73 Å². The van der Waals surface area contributed by atoms with E-state index in [9.17, 15) is 4.79 Å². The highest BCUT2D eigenvalue weighted by Crippen LogP contribution is 2.32. The molecule has 2 N–H and O–H groups in total. The summed E-state index contributed by atoms with van der Waals surface area (Å²) >= 11 is 0. The minimum absolute atomic E-state index is 0.0694. The van der Waals surface area contributed by atoms with Crippen molar-refractivity contribution < 1.29 is 4.79 Å². The van der Waals surface area contributed by atoms with E-state index in [0.717, 1.165) is 55.0 Å². The number of amides is 1. The second-order valence-electron chi connectivity index (χ2n) is 5.49. The van der Waals surface area contributed by atoms with Gasteiger partial charge in [0.1, 0.15) is 5.69 Å². The van der Waals surface area contributed by atoms with Crippen LogP contribution in [-0.2, 0) is 13.0 Å². The fourth-order valence-electron chi connectivity index (χ4n) is 3.05. The molecule has 4 heteroatoms. The molecule has 2 aromatic rings. The summed E-state index contributed by atoms with van der Waals surface area (Å²) in [6.45, 7) is 3.74. The number of benzene rings is 1. The number of aromatic nitrogens is 1. The normalized spacial score (nSPS) is 14.0. The Labute approximate surface area is 125 Å². The molecule has 1 aliphatic heterocycles. The van der Waals surface area contributed by atoms with Crippen molar-refractivity contribution in [2.75, 3.05) is 17.2 Å². The number of nitrogens with two attached hydrogens (primary N) is 1. The molecule has 0 spiro atoms. The van der Waals surface area contributed by atoms with Gasteiger partial charge in [0.05, 0.1) is 0 Å². The zero-order valence-corrected chi connectivity index (χ0v) is 12.4. The number of rotatable bonds is 3. The summed E-state index contributed by atoms with van der Waals surface area (Å²) in [7, 11) is 0. The quantitative estimate of drug-likeness (QED) is 0.880. The molecule has 1 amide bonds. The van der Waals surface area contributed by atoms with E-state index in [2.05, 4.69) is 6.92 Å². The summed E-state index contributed by atoms with van der Waals surface area (Å²) in [6, 6.07) is 9.67. The molecule has 1 aromatic carbocycles. The van der Waals surface area contributed by atoms with E-state index in [0.29, 0.717) is 0 Å². The van der Waals surface area contributed by atoms with Crippen LogP contribution in [0.4, 0.5) is 11.4 Å². The van der Waals surface area contributed by atoms with Crippen molar-refractivity contribution in [3.63, 3.8) is 0 Å². The van der Waals surface area contributed by atoms with Crippen molar-refractivity contribution in [2.45, 2.75) is 32.7 Å². The number of carbonyl (C=O) groups excluding carboxylic acids is 1. The van der Waals surface area contributed by atoms with E-state index in [1.165, 1.54) is 0 Å². The van der Waals surface area contributed by atoms with Crippen LogP contribution in [0.15, 0.2) is 36.5 Å². The maximum absolute atomic E-state index is 12.9. The molecule has 0 saturated heterocycles. The first-order valence-electron chi connectivity index (χ1n) is 7.56. The van der Waals surface area contributed by atoms with Gasteiger partial charge in [-0.05, 0) is 49.1 Å². The lowest BCUT2D eigenvalue weighted by atomic mass is 9.99. The van der Waals surface area contributed by atoms with Crippen LogP contribution in [0.3, 0.4) is 0 Å². The van der Waals surface area contributed by atoms with E-state index in [-0.39, 0.29) is 5.91 Å². The number of anilines is 2. The number of carbonyl (C=O) groups is 1.